The maximum Gasteiger partial charge on any atom is 0.222 e. The first-order chi connectivity index (χ1) is 15.4. The van der Waals surface area contributed by atoms with E-state index in [-0.39, 0.29) is 12.1 Å². The maximum absolute atomic E-state index is 10.7. The second kappa shape index (κ2) is 9.71. The third kappa shape index (κ3) is 5.47. The highest BCUT2D eigenvalue weighted by Crippen LogP contribution is 2.33. The van der Waals surface area contributed by atoms with Crippen molar-refractivity contribution in [1.29, 1.82) is 0 Å². The van der Waals surface area contributed by atoms with Crippen LogP contribution in [-0.4, -0.2) is 39.4 Å². The normalized spacial score (nSPS) is 16.0. The Morgan fingerprint density at radius 1 is 1.34 bits per heavy atom. The Hall–Kier alpha value is -2.90. The molecule has 1 unspecified atom stereocenters. The van der Waals surface area contributed by atoms with Gasteiger partial charge in [0.1, 0.15) is 21.9 Å². The van der Waals surface area contributed by atoms with Gasteiger partial charge in [0, 0.05) is 30.0 Å². The SMILES string of the molecule is CC(O)(C#Cc1ccc(OC2CCOCC2)c(Nc2nc(N)ncc2Cl)c1)c1nccs1. The first kappa shape index (κ1) is 22.3. The fourth-order valence-corrected chi connectivity index (χ4v) is 3.88. The first-order valence-corrected chi connectivity index (χ1v) is 11.3. The summed E-state index contributed by atoms with van der Waals surface area (Å²) in [7, 11) is 0. The zero-order valence-electron chi connectivity index (χ0n) is 17.3. The molecule has 1 fully saturated rings. The van der Waals surface area contributed by atoms with Crippen LogP contribution in [0.15, 0.2) is 36.0 Å². The average molecular weight is 472 g/mol. The van der Waals surface area contributed by atoms with Crippen LogP contribution < -0.4 is 15.8 Å². The van der Waals surface area contributed by atoms with E-state index >= 15 is 0 Å². The number of aromatic nitrogens is 3. The summed E-state index contributed by atoms with van der Waals surface area (Å²) in [5.41, 5.74) is 5.65. The Kier molecular flexibility index (Phi) is 6.77. The van der Waals surface area contributed by atoms with Gasteiger partial charge >= 0.3 is 0 Å². The van der Waals surface area contributed by atoms with E-state index in [0.717, 1.165) is 12.8 Å². The maximum atomic E-state index is 10.7. The molecule has 4 N–H and O–H groups in total. The summed E-state index contributed by atoms with van der Waals surface area (Å²) in [6.45, 7) is 2.94. The quantitative estimate of drug-likeness (QED) is 0.482. The van der Waals surface area contributed by atoms with E-state index < -0.39 is 5.60 Å². The van der Waals surface area contributed by atoms with Crippen LogP contribution in [0, 0.1) is 11.8 Å². The van der Waals surface area contributed by atoms with Gasteiger partial charge in [0.2, 0.25) is 5.95 Å². The molecule has 1 aromatic carbocycles. The number of hydrogen-bond acceptors (Lipinski definition) is 9. The molecule has 0 aliphatic carbocycles. The van der Waals surface area contributed by atoms with Gasteiger partial charge in [-0.1, -0.05) is 23.4 Å². The Morgan fingerprint density at radius 2 is 2.16 bits per heavy atom. The van der Waals surface area contributed by atoms with E-state index in [1.54, 1.807) is 18.5 Å². The fraction of sp³-hybridized carbons (Fsp3) is 0.318. The van der Waals surface area contributed by atoms with Gasteiger partial charge in [-0.05, 0) is 25.1 Å². The zero-order valence-corrected chi connectivity index (χ0v) is 18.9. The third-order valence-corrected chi connectivity index (χ3v) is 6.02. The summed E-state index contributed by atoms with van der Waals surface area (Å²) in [4.78, 5) is 12.2. The minimum atomic E-state index is -1.36. The number of nitrogens with one attached hydrogen (secondary N) is 1. The lowest BCUT2D eigenvalue weighted by molar-refractivity contribution is 0.0258. The molecular formula is C22H22ClN5O3S. The van der Waals surface area contributed by atoms with Crippen LogP contribution in [-0.2, 0) is 10.3 Å². The molecule has 0 spiro atoms. The van der Waals surface area contributed by atoms with Gasteiger partial charge in [-0.15, -0.1) is 11.3 Å². The average Bonchev–Trinajstić information content (AvgIpc) is 3.33. The summed E-state index contributed by atoms with van der Waals surface area (Å²) >= 11 is 7.59. The Labute approximate surface area is 194 Å². The smallest absolute Gasteiger partial charge is 0.222 e. The topological polar surface area (TPSA) is 115 Å². The summed E-state index contributed by atoms with van der Waals surface area (Å²) in [5, 5.41) is 16.5. The van der Waals surface area contributed by atoms with Gasteiger partial charge in [0.25, 0.3) is 0 Å². The molecule has 3 heterocycles. The summed E-state index contributed by atoms with van der Waals surface area (Å²) in [6.07, 6.45) is 4.72. The molecule has 0 saturated carbocycles. The molecule has 3 aromatic rings. The van der Waals surface area contributed by atoms with Crippen LogP contribution in [0.1, 0.15) is 30.3 Å². The molecular weight excluding hydrogens is 450 g/mol. The molecule has 0 bridgehead atoms. The highest BCUT2D eigenvalue weighted by molar-refractivity contribution is 7.09. The van der Waals surface area contributed by atoms with Crippen molar-refractivity contribution in [3.63, 3.8) is 0 Å². The van der Waals surface area contributed by atoms with Crippen LogP contribution in [0.5, 0.6) is 5.75 Å². The number of nitrogens with two attached hydrogens (primary N) is 1. The molecule has 1 aliphatic rings. The standard InChI is InChI=1S/C22H22ClN5O3S/c1-22(29,20-25-8-11-32-20)7-4-14-2-3-18(31-15-5-9-30-10-6-15)17(12-14)27-19-16(23)13-26-21(24)28-19/h2-3,8,11-13,15,29H,5-6,9-10H2,1H3,(H3,24,26,27,28). The van der Waals surface area contributed by atoms with Crippen molar-refractivity contribution < 1.29 is 14.6 Å². The number of hydrogen-bond donors (Lipinski definition) is 3. The highest BCUT2D eigenvalue weighted by atomic mass is 35.5. The Balaban J connectivity index is 1.65. The van der Waals surface area contributed by atoms with Crippen LogP contribution in [0.2, 0.25) is 5.02 Å². The lowest BCUT2D eigenvalue weighted by atomic mass is 10.1. The van der Waals surface area contributed by atoms with Crippen molar-refractivity contribution >= 4 is 40.4 Å². The molecule has 1 atom stereocenters. The largest absolute Gasteiger partial charge is 0.488 e. The number of ether oxygens (including phenoxy) is 2. The molecule has 32 heavy (non-hydrogen) atoms. The van der Waals surface area contributed by atoms with Crippen molar-refractivity contribution in [3.8, 4) is 17.6 Å². The van der Waals surface area contributed by atoms with Gasteiger partial charge < -0.3 is 25.6 Å². The number of aliphatic hydroxyl groups is 1. The molecule has 0 amide bonds. The molecule has 166 valence electrons. The van der Waals surface area contributed by atoms with E-state index in [0.29, 0.717) is 46.1 Å². The first-order valence-electron chi connectivity index (χ1n) is 10.00. The fourth-order valence-electron chi connectivity index (χ4n) is 3.09. The monoisotopic (exact) mass is 471 g/mol. The predicted octanol–water partition coefficient (Wildman–Crippen LogP) is 3.73. The number of halogens is 1. The summed E-state index contributed by atoms with van der Waals surface area (Å²) in [6, 6.07) is 5.48. The van der Waals surface area contributed by atoms with Crippen molar-refractivity contribution in [2.45, 2.75) is 31.5 Å². The number of anilines is 3. The van der Waals surface area contributed by atoms with Crippen molar-refractivity contribution in [2.75, 3.05) is 24.3 Å². The molecule has 1 aliphatic heterocycles. The van der Waals surface area contributed by atoms with Gasteiger partial charge in [-0.3, -0.25) is 0 Å². The molecule has 0 radical (unpaired) electrons. The molecule has 10 heteroatoms. The Bertz CT molecular complexity index is 1140. The number of benzene rings is 1. The van der Waals surface area contributed by atoms with Crippen LogP contribution in [0.25, 0.3) is 0 Å². The van der Waals surface area contributed by atoms with Crippen LogP contribution in [0.3, 0.4) is 0 Å². The van der Waals surface area contributed by atoms with Crippen molar-refractivity contribution in [3.05, 3.63) is 51.6 Å². The lowest BCUT2D eigenvalue weighted by Crippen LogP contribution is -2.26. The number of nitrogens with zero attached hydrogens (tertiary/aromatic N) is 3. The van der Waals surface area contributed by atoms with Crippen LogP contribution >= 0.6 is 22.9 Å². The molecule has 4 rings (SSSR count). The number of rotatable bonds is 5. The lowest BCUT2D eigenvalue weighted by Gasteiger charge is -2.25. The van der Waals surface area contributed by atoms with E-state index in [1.807, 2.05) is 18.2 Å². The van der Waals surface area contributed by atoms with Gasteiger partial charge in [-0.25, -0.2) is 9.97 Å². The van der Waals surface area contributed by atoms with Gasteiger partial charge in [-0.2, -0.15) is 4.98 Å². The number of thiazole rings is 1. The van der Waals surface area contributed by atoms with E-state index in [2.05, 4.69) is 32.1 Å². The third-order valence-electron chi connectivity index (χ3n) is 4.76. The Morgan fingerprint density at radius 3 is 2.91 bits per heavy atom. The predicted molar refractivity (Wildman–Crippen MR) is 124 cm³/mol. The summed E-state index contributed by atoms with van der Waals surface area (Å²) in [5.74, 6) is 6.98. The van der Waals surface area contributed by atoms with Crippen molar-refractivity contribution in [2.24, 2.45) is 0 Å². The van der Waals surface area contributed by atoms with Gasteiger partial charge in [0.15, 0.2) is 11.4 Å². The second-order valence-corrected chi connectivity index (χ2v) is 8.65. The molecule has 2 aromatic heterocycles. The van der Waals surface area contributed by atoms with E-state index in [4.69, 9.17) is 26.8 Å². The highest BCUT2D eigenvalue weighted by Gasteiger charge is 2.23. The van der Waals surface area contributed by atoms with E-state index in [1.165, 1.54) is 17.5 Å². The zero-order chi connectivity index (χ0) is 22.6. The molecule has 1 saturated heterocycles. The minimum Gasteiger partial charge on any atom is -0.488 e. The van der Waals surface area contributed by atoms with Gasteiger partial charge in [0.05, 0.1) is 25.1 Å². The number of nitrogen functional groups attached to an aromatic ring is 1. The van der Waals surface area contributed by atoms with E-state index in [9.17, 15) is 5.11 Å². The molecule has 8 nitrogen and oxygen atoms in total. The van der Waals surface area contributed by atoms with Crippen molar-refractivity contribution in [1.82, 2.24) is 15.0 Å². The summed E-state index contributed by atoms with van der Waals surface area (Å²) < 4.78 is 11.6. The second-order valence-electron chi connectivity index (χ2n) is 7.35. The van der Waals surface area contributed by atoms with Crippen LogP contribution in [0.4, 0.5) is 17.5 Å². The minimum absolute atomic E-state index is 0.0396.